The molecule has 0 aliphatic rings. The molecule has 0 atom stereocenters. The number of anilines is 2. The summed E-state index contributed by atoms with van der Waals surface area (Å²) in [7, 11) is 1.73. The van der Waals surface area contributed by atoms with Crippen LogP contribution in [0.25, 0.3) is 0 Å². The molecule has 0 fully saturated rings. The summed E-state index contributed by atoms with van der Waals surface area (Å²) in [5.74, 6) is -0.567. The minimum atomic E-state index is -0.853. The molecule has 2 rings (SSSR count). The van der Waals surface area contributed by atoms with Gasteiger partial charge in [0.25, 0.3) is 0 Å². The Kier molecular flexibility index (Phi) is 3.89. The van der Waals surface area contributed by atoms with Gasteiger partial charge in [-0.25, -0.2) is 13.8 Å². The molecule has 1 aromatic carbocycles. The Morgan fingerprint density at radius 3 is 2.58 bits per heavy atom. The standard InChI is InChI=1S/C13H14F2N4/c1-8-5-12(19-13(16-2)18-8)17-7-9-3-4-10(14)11(15)6-9/h3-6H,7H2,1-2H3,(H2,16,17,18,19). The third-order valence-electron chi connectivity index (χ3n) is 2.54. The van der Waals surface area contributed by atoms with Crippen LogP contribution in [0, 0.1) is 18.6 Å². The first-order valence-electron chi connectivity index (χ1n) is 5.79. The fourth-order valence-electron chi connectivity index (χ4n) is 1.61. The normalized spacial score (nSPS) is 10.3. The molecule has 2 N–H and O–H groups in total. The first-order valence-corrected chi connectivity index (χ1v) is 5.79. The lowest BCUT2D eigenvalue weighted by Crippen LogP contribution is -2.05. The molecule has 0 aliphatic heterocycles. The van der Waals surface area contributed by atoms with E-state index in [0.717, 1.165) is 17.8 Å². The van der Waals surface area contributed by atoms with E-state index in [1.807, 2.05) is 6.92 Å². The second-order valence-corrected chi connectivity index (χ2v) is 4.07. The van der Waals surface area contributed by atoms with Crippen LogP contribution in [0.5, 0.6) is 0 Å². The highest BCUT2D eigenvalue weighted by atomic mass is 19.2. The molecule has 0 saturated carbocycles. The Hall–Kier alpha value is -2.24. The zero-order valence-electron chi connectivity index (χ0n) is 10.7. The monoisotopic (exact) mass is 264 g/mol. The molecule has 0 bridgehead atoms. The Morgan fingerprint density at radius 1 is 1.11 bits per heavy atom. The van der Waals surface area contributed by atoms with Gasteiger partial charge in [-0.1, -0.05) is 6.07 Å². The number of benzene rings is 1. The van der Waals surface area contributed by atoms with Gasteiger partial charge in [-0.2, -0.15) is 4.98 Å². The van der Waals surface area contributed by atoms with Gasteiger partial charge in [0.15, 0.2) is 11.6 Å². The molecular weight excluding hydrogens is 250 g/mol. The highest BCUT2D eigenvalue weighted by Gasteiger charge is 2.04. The second kappa shape index (κ2) is 5.60. The average Bonchev–Trinajstić information content (AvgIpc) is 2.39. The number of halogens is 2. The van der Waals surface area contributed by atoms with Crippen LogP contribution in [0.1, 0.15) is 11.3 Å². The van der Waals surface area contributed by atoms with E-state index in [1.165, 1.54) is 6.07 Å². The average molecular weight is 264 g/mol. The van der Waals surface area contributed by atoms with E-state index in [1.54, 1.807) is 13.1 Å². The summed E-state index contributed by atoms with van der Waals surface area (Å²) in [5, 5.41) is 5.89. The van der Waals surface area contributed by atoms with Crippen molar-refractivity contribution < 1.29 is 8.78 Å². The smallest absolute Gasteiger partial charge is 0.224 e. The lowest BCUT2D eigenvalue weighted by molar-refractivity contribution is 0.507. The summed E-state index contributed by atoms with van der Waals surface area (Å²) in [4.78, 5) is 8.37. The predicted octanol–water partition coefficient (Wildman–Crippen LogP) is 2.72. The van der Waals surface area contributed by atoms with E-state index >= 15 is 0 Å². The topological polar surface area (TPSA) is 49.8 Å². The zero-order chi connectivity index (χ0) is 13.8. The third kappa shape index (κ3) is 3.37. The van der Waals surface area contributed by atoms with E-state index in [4.69, 9.17) is 0 Å². The number of hydrogen-bond acceptors (Lipinski definition) is 4. The fourth-order valence-corrected chi connectivity index (χ4v) is 1.61. The lowest BCUT2D eigenvalue weighted by Gasteiger charge is -2.08. The van der Waals surface area contributed by atoms with Crippen LogP contribution in [-0.4, -0.2) is 17.0 Å². The Balaban J connectivity index is 2.09. The van der Waals surface area contributed by atoms with Crippen molar-refractivity contribution in [1.82, 2.24) is 9.97 Å². The molecule has 0 aliphatic carbocycles. The van der Waals surface area contributed by atoms with E-state index < -0.39 is 11.6 Å². The van der Waals surface area contributed by atoms with Crippen LogP contribution in [0.4, 0.5) is 20.5 Å². The van der Waals surface area contributed by atoms with Gasteiger partial charge in [0.2, 0.25) is 5.95 Å². The van der Waals surface area contributed by atoms with Crippen LogP contribution >= 0.6 is 0 Å². The maximum Gasteiger partial charge on any atom is 0.224 e. The number of hydrogen-bond donors (Lipinski definition) is 2. The first-order chi connectivity index (χ1) is 9.08. The molecule has 6 heteroatoms. The molecule has 0 radical (unpaired) electrons. The van der Waals surface area contributed by atoms with Crippen molar-refractivity contribution in [3.63, 3.8) is 0 Å². The predicted molar refractivity (Wildman–Crippen MR) is 70.0 cm³/mol. The van der Waals surface area contributed by atoms with Gasteiger partial charge in [-0.3, -0.25) is 0 Å². The van der Waals surface area contributed by atoms with Gasteiger partial charge in [-0.05, 0) is 24.6 Å². The summed E-state index contributed by atoms with van der Waals surface area (Å²) in [5.41, 5.74) is 1.45. The molecule has 0 amide bonds. The van der Waals surface area contributed by atoms with Crippen LogP contribution in [-0.2, 0) is 6.54 Å². The molecule has 0 unspecified atom stereocenters. The van der Waals surface area contributed by atoms with Gasteiger partial charge < -0.3 is 10.6 Å². The maximum absolute atomic E-state index is 13.0. The van der Waals surface area contributed by atoms with E-state index in [-0.39, 0.29) is 0 Å². The van der Waals surface area contributed by atoms with Gasteiger partial charge in [0.1, 0.15) is 5.82 Å². The van der Waals surface area contributed by atoms with E-state index in [2.05, 4.69) is 20.6 Å². The number of rotatable bonds is 4. The largest absolute Gasteiger partial charge is 0.366 e. The summed E-state index contributed by atoms with van der Waals surface area (Å²) in [6.45, 7) is 2.21. The van der Waals surface area contributed by atoms with Gasteiger partial charge in [0.05, 0.1) is 0 Å². The van der Waals surface area contributed by atoms with Crippen LogP contribution in [0.2, 0.25) is 0 Å². The lowest BCUT2D eigenvalue weighted by atomic mass is 10.2. The minimum absolute atomic E-state index is 0.358. The molecule has 2 aromatic rings. The summed E-state index contributed by atoms with van der Waals surface area (Å²) in [6.07, 6.45) is 0. The van der Waals surface area contributed by atoms with Crippen molar-refractivity contribution in [2.24, 2.45) is 0 Å². The molecule has 0 saturated heterocycles. The van der Waals surface area contributed by atoms with Gasteiger partial charge in [0, 0.05) is 25.4 Å². The van der Waals surface area contributed by atoms with Gasteiger partial charge >= 0.3 is 0 Å². The zero-order valence-corrected chi connectivity index (χ0v) is 10.7. The molecule has 4 nitrogen and oxygen atoms in total. The van der Waals surface area contributed by atoms with Crippen molar-refractivity contribution in [1.29, 1.82) is 0 Å². The fraction of sp³-hybridized carbons (Fsp3) is 0.231. The molecule has 19 heavy (non-hydrogen) atoms. The summed E-state index contributed by atoms with van der Waals surface area (Å²) in [6, 6.07) is 5.57. The Bertz CT molecular complexity index is 587. The quantitative estimate of drug-likeness (QED) is 0.891. The summed E-state index contributed by atoms with van der Waals surface area (Å²) >= 11 is 0. The van der Waals surface area contributed by atoms with Crippen molar-refractivity contribution in [3.05, 3.63) is 47.2 Å². The Morgan fingerprint density at radius 2 is 1.89 bits per heavy atom. The van der Waals surface area contributed by atoms with Gasteiger partial charge in [-0.15, -0.1) is 0 Å². The van der Waals surface area contributed by atoms with Crippen LogP contribution in [0.15, 0.2) is 24.3 Å². The third-order valence-corrected chi connectivity index (χ3v) is 2.54. The first kappa shape index (κ1) is 13.2. The van der Waals surface area contributed by atoms with Crippen molar-refractivity contribution in [2.45, 2.75) is 13.5 Å². The molecule has 1 aromatic heterocycles. The number of aromatic nitrogens is 2. The van der Waals surface area contributed by atoms with Crippen molar-refractivity contribution in [3.8, 4) is 0 Å². The van der Waals surface area contributed by atoms with E-state index in [9.17, 15) is 8.78 Å². The van der Waals surface area contributed by atoms with Crippen LogP contribution in [0.3, 0.4) is 0 Å². The van der Waals surface area contributed by atoms with Crippen molar-refractivity contribution in [2.75, 3.05) is 17.7 Å². The minimum Gasteiger partial charge on any atom is -0.366 e. The number of aryl methyl sites for hydroxylation is 1. The molecule has 100 valence electrons. The molecule has 0 spiro atoms. The van der Waals surface area contributed by atoms with Crippen molar-refractivity contribution >= 4 is 11.8 Å². The van der Waals surface area contributed by atoms with E-state index in [0.29, 0.717) is 23.9 Å². The number of nitrogens with one attached hydrogen (secondary N) is 2. The maximum atomic E-state index is 13.0. The SMILES string of the molecule is CNc1nc(C)cc(NCc2ccc(F)c(F)c2)n1. The second-order valence-electron chi connectivity index (χ2n) is 4.07. The summed E-state index contributed by atoms with van der Waals surface area (Å²) < 4.78 is 25.8. The molecule has 1 heterocycles. The van der Waals surface area contributed by atoms with Crippen LogP contribution < -0.4 is 10.6 Å². The highest BCUT2D eigenvalue weighted by Crippen LogP contribution is 2.13. The number of nitrogens with zero attached hydrogens (tertiary/aromatic N) is 2. The Labute approximate surface area is 109 Å². The molecular formula is C13H14F2N4. The highest BCUT2D eigenvalue weighted by molar-refractivity contribution is 5.42.